The van der Waals surface area contributed by atoms with Crippen LogP contribution in [0.25, 0.3) is 0 Å². The zero-order valence-electron chi connectivity index (χ0n) is 12.8. The number of carbonyl (C=O) groups is 2. The van der Waals surface area contributed by atoms with Gasteiger partial charge >= 0.3 is 0 Å². The van der Waals surface area contributed by atoms with Crippen LogP contribution in [-0.2, 0) is 4.79 Å². The van der Waals surface area contributed by atoms with Gasteiger partial charge in [-0.3, -0.25) is 9.59 Å². The highest BCUT2D eigenvalue weighted by Gasteiger charge is 2.30. The molecule has 1 aromatic rings. The summed E-state index contributed by atoms with van der Waals surface area (Å²) >= 11 is 5.81. The number of hydrogen-bond donors (Lipinski definition) is 1. The van der Waals surface area contributed by atoms with Crippen molar-refractivity contribution in [3.63, 3.8) is 0 Å². The number of hydrogen-bond acceptors (Lipinski definition) is 3. The second kappa shape index (κ2) is 7.75. The topological polar surface area (TPSA) is 57.6 Å². The van der Waals surface area contributed by atoms with Gasteiger partial charge < -0.3 is 10.0 Å². The lowest BCUT2D eigenvalue weighted by Crippen LogP contribution is -2.47. The molecule has 1 atom stereocenters. The minimum Gasteiger partial charge on any atom is -0.392 e. The van der Waals surface area contributed by atoms with Gasteiger partial charge in [-0.2, -0.15) is 0 Å². The molecule has 0 bridgehead atoms. The zero-order chi connectivity index (χ0) is 16.1. The van der Waals surface area contributed by atoms with E-state index in [2.05, 4.69) is 0 Å². The molecule has 1 N–H and O–H groups in total. The summed E-state index contributed by atoms with van der Waals surface area (Å²) in [7, 11) is 0. The summed E-state index contributed by atoms with van der Waals surface area (Å²) in [5, 5.41) is 10.2. The van der Waals surface area contributed by atoms with Gasteiger partial charge in [0.2, 0.25) is 5.78 Å². The second-order valence-corrected chi connectivity index (χ2v) is 6.37. The van der Waals surface area contributed by atoms with E-state index < -0.39 is 17.8 Å². The highest BCUT2D eigenvalue weighted by molar-refractivity contribution is 6.43. The van der Waals surface area contributed by atoms with Crippen molar-refractivity contribution in [3.8, 4) is 0 Å². The summed E-state index contributed by atoms with van der Waals surface area (Å²) in [6.45, 7) is 1.83. The summed E-state index contributed by atoms with van der Waals surface area (Å²) in [4.78, 5) is 26.6. The average molecular weight is 324 g/mol. The first-order valence-electron chi connectivity index (χ1n) is 7.78. The van der Waals surface area contributed by atoms with Gasteiger partial charge in [0.1, 0.15) is 0 Å². The standard InChI is InChI=1S/C17H22ClNO3/c1-12(20)11-19(15-5-3-2-4-6-15)17(22)16(21)13-7-9-14(18)10-8-13/h7-10,12,15,20H,2-6,11H2,1H3/t12-/m1/s1. The van der Waals surface area contributed by atoms with Gasteiger partial charge in [0.25, 0.3) is 5.91 Å². The molecule has 0 radical (unpaired) electrons. The van der Waals surface area contributed by atoms with E-state index in [1.807, 2.05) is 0 Å². The second-order valence-electron chi connectivity index (χ2n) is 5.93. The average Bonchev–Trinajstić information content (AvgIpc) is 2.52. The fourth-order valence-electron chi connectivity index (χ4n) is 2.93. The predicted octanol–water partition coefficient (Wildman–Crippen LogP) is 3.06. The van der Waals surface area contributed by atoms with Gasteiger partial charge in [-0.25, -0.2) is 0 Å². The lowest BCUT2D eigenvalue weighted by Gasteiger charge is -2.34. The first-order chi connectivity index (χ1) is 10.5. The summed E-state index contributed by atoms with van der Waals surface area (Å²) < 4.78 is 0. The van der Waals surface area contributed by atoms with Crippen LogP contribution >= 0.6 is 11.6 Å². The van der Waals surface area contributed by atoms with Crippen LogP contribution in [-0.4, -0.2) is 40.4 Å². The van der Waals surface area contributed by atoms with Crippen LogP contribution < -0.4 is 0 Å². The minimum absolute atomic E-state index is 0.0482. The highest BCUT2D eigenvalue weighted by Crippen LogP contribution is 2.24. The van der Waals surface area contributed by atoms with E-state index in [1.54, 1.807) is 36.1 Å². The quantitative estimate of drug-likeness (QED) is 0.669. The molecule has 0 spiro atoms. The molecule has 2 rings (SSSR count). The molecule has 22 heavy (non-hydrogen) atoms. The van der Waals surface area contributed by atoms with E-state index in [0.29, 0.717) is 10.6 Å². The van der Waals surface area contributed by atoms with Crippen LogP contribution in [0.4, 0.5) is 0 Å². The number of ketones is 1. The Bertz CT molecular complexity index is 521. The number of carbonyl (C=O) groups excluding carboxylic acids is 2. The SMILES string of the molecule is C[C@@H](O)CN(C(=O)C(=O)c1ccc(Cl)cc1)C1CCCCC1. The number of amides is 1. The Kier molecular flexibility index (Phi) is 5.98. The molecule has 0 unspecified atom stereocenters. The molecule has 1 amide bonds. The maximum Gasteiger partial charge on any atom is 0.295 e. The molecule has 1 aliphatic carbocycles. The van der Waals surface area contributed by atoms with E-state index in [9.17, 15) is 14.7 Å². The lowest BCUT2D eigenvalue weighted by atomic mass is 9.93. The fraction of sp³-hybridized carbons (Fsp3) is 0.529. The molecule has 4 nitrogen and oxygen atoms in total. The van der Waals surface area contributed by atoms with Gasteiger partial charge in [0.05, 0.1) is 6.10 Å². The fourth-order valence-corrected chi connectivity index (χ4v) is 3.06. The molecule has 0 heterocycles. The van der Waals surface area contributed by atoms with Crippen LogP contribution in [0.15, 0.2) is 24.3 Å². The smallest absolute Gasteiger partial charge is 0.295 e. The molecule has 1 saturated carbocycles. The third kappa shape index (κ3) is 4.31. The van der Waals surface area contributed by atoms with Crippen molar-refractivity contribution in [1.29, 1.82) is 0 Å². The third-order valence-corrected chi connectivity index (χ3v) is 4.29. The number of Topliss-reactive ketones (excluding diaryl/α,β-unsaturated/α-hetero) is 1. The van der Waals surface area contributed by atoms with Crippen LogP contribution in [0, 0.1) is 0 Å². The van der Waals surface area contributed by atoms with Gasteiger partial charge in [-0.05, 0) is 44.0 Å². The molecule has 1 fully saturated rings. The van der Waals surface area contributed by atoms with Crippen molar-refractivity contribution in [2.24, 2.45) is 0 Å². The zero-order valence-corrected chi connectivity index (χ0v) is 13.6. The van der Waals surface area contributed by atoms with Crippen molar-refractivity contribution in [3.05, 3.63) is 34.9 Å². The van der Waals surface area contributed by atoms with E-state index in [-0.39, 0.29) is 12.6 Å². The Morgan fingerprint density at radius 2 is 1.82 bits per heavy atom. The molecule has 0 aromatic heterocycles. The van der Waals surface area contributed by atoms with Crippen molar-refractivity contribution >= 4 is 23.3 Å². The molecule has 1 aliphatic rings. The van der Waals surface area contributed by atoms with Crippen molar-refractivity contribution < 1.29 is 14.7 Å². The predicted molar refractivity (Wildman–Crippen MR) is 86.0 cm³/mol. The van der Waals surface area contributed by atoms with Crippen molar-refractivity contribution in [1.82, 2.24) is 4.90 Å². The van der Waals surface area contributed by atoms with E-state index >= 15 is 0 Å². The monoisotopic (exact) mass is 323 g/mol. The molecule has 0 aliphatic heterocycles. The maximum atomic E-state index is 12.6. The first-order valence-corrected chi connectivity index (χ1v) is 8.15. The molecule has 120 valence electrons. The number of aliphatic hydroxyl groups is 1. The largest absolute Gasteiger partial charge is 0.392 e. The molecule has 0 saturated heterocycles. The summed E-state index contributed by atoms with van der Waals surface area (Å²) in [5.74, 6) is -1.07. The van der Waals surface area contributed by atoms with Crippen LogP contribution in [0.1, 0.15) is 49.4 Å². The van der Waals surface area contributed by atoms with Crippen LogP contribution in [0.2, 0.25) is 5.02 Å². The Morgan fingerprint density at radius 1 is 1.23 bits per heavy atom. The Hall–Kier alpha value is -1.39. The maximum absolute atomic E-state index is 12.6. The Balaban J connectivity index is 2.16. The van der Waals surface area contributed by atoms with Crippen molar-refractivity contribution in [2.75, 3.05) is 6.54 Å². The van der Waals surface area contributed by atoms with Crippen molar-refractivity contribution in [2.45, 2.75) is 51.2 Å². The Labute approximate surface area is 136 Å². The summed E-state index contributed by atoms with van der Waals surface area (Å²) in [6, 6.07) is 6.37. The molecule has 1 aromatic carbocycles. The van der Waals surface area contributed by atoms with Gasteiger partial charge in [0, 0.05) is 23.2 Å². The van der Waals surface area contributed by atoms with E-state index in [1.165, 1.54) is 6.42 Å². The third-order valence-electron chi connectivity index (χ3n) is 4.04. The Morgan fingerprint density at radius 3 is 2.36 bits per heavy atom. The normalized spacial score (nSPS) is 17.0. The van der Waals surface area contributed by atoms with E-state index in [0.717, 1.165) is 25.7 Å². The van der Waals surface area contributed by atoms with Gasteiger partial charge in [-0.15, -0.1) is 0 Å². The lowest BCUT2D eigenvalue weighted by molar-refractivity contribution is -0.130. The number of halogens is 1. The molecule has 5 heteroatoms. The van der Waals surface area contributed by atoms with E-state index in [4.69, 9.17) is 11.6 Å². The summed E-state index contributed by atoms with van der Waals surface area (Å²) in [5.41, 5.74) is 0.334. The minimum atomic E-state index is -0.649. The first kappa shape index (κ1) is 17.0. The number of benzene rings is 1. The number of nitrogens with zero attached hydrogens (tertiary/aromatic N) is 1. The molecular formula is C17H22ClNO3. The molecular weight excluding hydrogens is 302 g/mol. The summed E-state index contributed by atoms with van der Waals surface area (Å²) in [6.07, 6.45) is 4.42. The number of aliphatic hydroxyl groups excluding tert-OH is 1. The van der Waals surface area contributed by atoms with Gasteiger partial charge in [0.15, 0.2) is 0 Å². The number of rotatable bonds is 5. The highest BCUT2D eigenvalue weighted by atomic mass is 35.5. The van der Waals surface area contributed by atoms with Gasteiger partial charge in [-0.1, -0.05) is 30.9 Å². The van der Waals surface area contributed by atoms with Crippen LogP contribution in [0.5, 0.6) is 0 Å². The van der Waals surface area contributed by atoms with Crippen LogP contribution in [0.3, 0.4) is 0 Å².